The summed E-state index contributed by atoms with van der Waals surface area (Å²) in [6.45, 7) is -0.928. The summed E-state index contributed by atoms with van der Waals surface area (Å²) in [5, 5.41) is 14.4. The molecule has 0 bridgehead atoms. The highest BCUT2D eigenvalue weighted by Crippen LogP contribution is 2.10. The Balaban J connectivity index is 2.43. The van der Waals surface area contributed by atoms with Crippen molar-refractivity contribution >= 4 is 23.2 Å². The highest BCUT2D eigenvalue weighted by atomic mass is 32.1. The van der Waals surface area contributed by atoms with Gasteiger partial charge in [-0.25, -0.2) is 8.78 Å². The van der Waals surface area contributed by atoms with E-state index < -0.39 is 36.9 Å². The molecule has 1 aromatic heterocycles. The van der Waals surface area contributed by atoms with Crippen LogP contribution in [0.15, 0.2) is 17.5 Å². The number of carbonyl (C=O) groups is 2. The standard InChI is InChI=1S/C11H14F2N2O3S/c1-7(9(17)14-5-11(12,13)6-16)15-10(18)8-3-2-4-19-8/h2-4,7,16H,5-6H2,1H3,(H,14,17)(H,15,18). The molecule has 19 heavy (non-hydrogen) atoms. The van der Waals surface area contributed by atoms with Crippen LogP contribution in [0.25, 0.3) is 0 Å². The second kappa shape index (κ2) is 6.58. The summed E-state index contributed by atoms with van der Waals surface area (Å²) >= 11 is 1.21. The van der Waals surface area contributed by atoms with Crippen LogP contribution in [-0.4, -0.2) is 42.0 Å². The van der Waals surface area contributed by atoms with E-state index >= 15 is 0 Å². The summed E-state index contributed by atoms with van der Waals surface area (Å²) in [7, 11) is 0. The third-order valence-corrected chi connectivity index (χ3v) is 3.11. The number of amides is 2. The number of thiophene rings is 1. The molecule has 1 aromatic rings. The second-order valence-corrected chi connectivity index (χ2v) is 4.85. The molecule has 1 unspecified atom stereocenters. The van der Waals surface area contributed by atoms with Crippen LogP contribution in [0.4, 0.5) is 8.78 Å². The number of halogens is 2. The van der Waals surface area contributed by atoms with Crippen LogP contribution in [0.3, 0.4) is 0 Å². The van der Waals surface area contributed by atoms with Gasteiger partial charge in [0.05, 0.1) is 11.4 Å². The maximum Gasteiger partial charge on any atom is 0.287 e. The molecule has 1 heterocycles. The SMILES string of the molecule is CC(NC(=O)c1cccs1)C(=O)NCC(F)(F)CO. The summed E-state index contributed by atoms with van der Waals surface area (Å²) in [6.07, 6.45) is 0. The van der Waals surface area contributed by atoms with Crippen molar-refractivity contribution in [3.63, 3.8) is 0 Å². The number of nitrogens with one attached hydrogen (secondary N) is 2. The van der Waals surface area contributed by atoms with E-state index in [0.717, 1.165) is 0 Å². The lowest BCUT2D eigenvalue weighted by Crippen LogP contribution is -2.48. The molecule has 0 spiro atoms. The monoisotopic (exact) mass is 292 g/mol. The van der Waals surface area contributed by atoms with Gasteiger partial charge < -0.3 is 15.7 Å². The van der Waals surface area contributed by atoms with E-state index in [1.807, 2.05) is 5.32 Å². The smallest absolute Gasteiger partial charge is 0.287 e. The first kappa shape index (κ1) is 15.5. The highest BCUT2D eigenvalue weighted by Gasteiger charge is 2.29. The molecule has 106 valence electrons. The van der Waals surface area contributed by atoms with Gasteiger partial charge in [-0.05, 0) is 18.4 Å². The Labute approximate surface area is 112 Å². The molecule has 2 amide bonds. The van der Waals surface area contributed by atoms with Gasteiger partial charge >= 0.3 is 0 Å². The van der Waals surface area contributed by atoms with E-state index in [2.05, 4.69) is 5.32 Å². The Kier molecular flexibility index (Phi) is 5.37. The van der Waals surface area contributed by atoms with E-state index in [4.69, 9.17) is 5.11 Å². The van der Waals surface area contributed by atoms with Crippen molar-refractivity contribution < 1.29 is 23.5 Å². The normalized spacial score (nSPS) is 12.8. The molecule has 0 aromatic carbocycles. The van der Waals surface area contributed by atoms with E-state index in [-0.39, 0.29) is 0 Å². The molecule has 3 N–H and O–H groups in total. The molecule has 1 atom stereocenters. The number of rotatable bonds is 6. The molecule has 5 nitrogen and oxygen atoms in total. The zero-order chi connectivity index (χ0) is 14.5. The second-order valence-electron chi connectivity index (χ2n) is 3.90. The Morgan fingerprint density at radius 3 is 2.74 bits per heavy atom. The van der Waals surface area contributed by atoms with Crippen LogP contribution in [0.1, 0.15) is 16.6 Å². The molecular weight excluding hydrogens is 278 g/mol. The molecule has 0 fully saturated rings. The number of aliphatic hydroxyl groups excluding tert-OH is 1. The van der Waals surface area contributed by atoms with Crippen molar-refractivity contribution in [3.05, 3.63) is 22.4 Å². The maximum absolute atomic E-state index is 12.7. The number of aliphatic hydroxyl groups is 1. The average Bonchev–Trinajstić information content (AvgIpc) is 2.89. The summed E-state index contributed by atoms with van der Waals surface area (Å²) in [6, 6.07) is 2.33. The molecule has 1 rings (SSSR count). The Hall–Kier alpha value is -1.54. The van der Waals surface area contributed by atoms with Gasteiger partial charge in [0.1, 0.15) is 12.6 Å². The third-order valence-electron chi connectivity index (χ3n) is 2.24. The zero-order valence-corrected chi connectivity index (χ0v) is 11.0. The zero-order valence-electron chi connectivity index (χ0n) is 10.2. The molecule has 0 aliphatic carbocycles. The van der Waals surface area contributed by atoms with Crippen molar-refractivity contribution in [2.75, 3.05) is 13.2 Å². The summed E-state index contributed by atoms with van der Waals surface area (Å²) in [4.78, 5) is 23.5. The van der Waals surface area contributed by atoms with Crippen LogP contribution in [-0.2, 0) is 4.79 Å². The Morgan fingerprint density at radius 2 is 2.21 bits per heavy atom. The maximum atomic E-state index is 12.7. The van der Waals surface area contributed by atoms with Crippen molar-refractivity contribution in [1.29, 1.82) is 0 Å². The number of carbonyl (C=O) groups excluding carboxylic acids is 2. The minimum absolute atomic E-state index is 0.431. The topological polar surface area (TPSA) is 78.4 Å². The lowest BCUT2D eigenvalue weighted by molar-refractivity contribution is -0.125. The van der Waals surface area contributed by atoms with Crippen LogP contribution in [0.2, 0.25) is 0 Å². The van der Waals surface area contributed by atoms with Gasteiger partial charge in [0.2, 0.25) is 5.91 Å². The minimum Gasteiger partial charge on any atom is -0.390 e. The van der Waals surface area contributed by atoms with Crippen molar-refractivity contribution in [2.45, 2.75) is 18.9 Å². The number of hydrogen-bond acceptors (Lipinski definition) is 4. The highest BCUT2D eigenvalue weighted by molar-refractivity contribution is 7.12. The predicted octanol–water partition coefficient (Wildman–Crippen LogP) is 0.610. The molecular formula is C11H14F2N2O3S. The Morgan fingerprint density at radius 1 is 1.53 bits per heavy atom. The van der Waals surface area contributed by atoms with Gasteiger partial charge in [0.25, 0.3) is 11.8 Å². The van der Waals surface area contributed by atoms with Crippen molar-refractivity contribution in [3.8, 4) is 0 Å². The van der Waals surface area contributed by atoms with Gasteiger partial charge in [-0.15, -0.1) is 11.3 Å². The van der Waals surface area contributed by atoms with E-state index in [9.17, 15) is 18.4 Å². The molecule has 0 saturated carbocycles. The van der Waals surface area contributed by atoms with Crippen molar-refractivity contribution in [2.24, 2.45) is 0 Å². The number of hydrogen-bond donors (Lipinski definition) is 3. The van der Waals surface area contributed by atoms with E-state index in [1.54, 1.807) is 17.5 Å². The first-order valence-electron chi connectivity index (χ1n) is 5.46. The van der Waals surface area contributed by atoms with Gasteiger partial charge in [0, 0.05) is 0 Å². The number of alkyl halides is 2. The van der Waals surface area contributed by atoms with Gasteiger partial charge in [0.15, 0.2) is 0 Å². The fourth-order valence-corrected chi connectivity index (χ4v) is 1.79. The van der Waals surface area contributed by atoms with E-state index in [0.29, 0.717) is 4.88 Å². The molecule has 0 radical (unpaired) electrons. The molecule has 8 heteroatoms. The first-order valence-corrected chi connectivity index (χ1v) is 6.34. The molecule has 0 saturated heterocycles. The molecule has 0 aliphatic rings. The lowest BCUT2D eigenvalue weighted by atomic mass is 10.2. The van der Waals surface area contributed by atoms with Crippen LogP contribution >= 0.6 is 11.3 Å². The van der Waals surface area contributed by atoms with Crippen molar-refractivity contribution in [1.82, 2.24) is 10.6 Å². The summed E-state index contributed by atoms with van der Waals surface area (Å²) < 4.78 is 25.4. The van der Waals surface area contributed by atoms with Gasteiger partial charge in [-0.3, -0.25) is 9.59 Å². The summed E-state index contributed by atoms with van der Waals surface area (Å²) in [5.74, 6) is -4.54. The third kappa shape index (κ3) is 4.92. The quantitative estimate of drug-likeness (QED) is 0.719. The summed E-state index contributed by atoms with van der Waals surface area (Å²) in [5.41, 5.74) is 0. The lowest BCUT2D eigenvalue weighted by Gasteiger charge is -2.17. The van der Waals surface area contributed by atoms with E-state index in [1.165, 1.54) is 18.3 Å². The fourth-order valence-electron chi connectivity index (χ4n) is 1.17. The Bertz CT molecular complexity index is 437. The average molecular weight is 292 g/mol. The first-order chi connectivity index (χ1) is 8.85. The van der Waals surface area contributed by atoms with Crippen LogP contribution in [0, 0.1) is 0 Å². The predicted molar refractivity (Wildman–Crippen MR) is 66.3 cm³/mol. The minimum atomic E-state index is -3.37. The largest absolute Gasteiger partial charge is 0.390 e. The van der Waals surface area contributed by atoms with Gasteiger partial charge in [-0.1, -0.05) is 6.07 Å². The molecule has 0 aliphatic heterocycles. The van der Waals surface area contributed by atoms with Crippen LogP contribution in [0.5, 0.6) is 0 Å². The van der Waals surface area contributed by atoms with Crippen LogP contribution < -0.4 is 10.6 Å². The van der Waals surface area contributed by atoms with Gasteiger partial charge in [-0.2, -0.15) is 0 Å². The fraction of sp³-hybridized carbons (Fsp3) is 0.455.